The van der Waals surface area contributed by atoms with Gasteiger partial charge in [0.2, 0.25) is 5.91 Å². The van der Waals surface area contributed by atoms with E-state index in [-0.39, 0.29) is 17.6 Å². The number of ether oxygens (including phenoxy) is 1. The van der Waals surface area contributed by atoms with Crippen LogP contribution in [0.1, 0.15) is 6.92 Å². The van der Waals surface area contributed by atoms with Gasteiger partial charge in [0.1, 0.15) is 5.82 Å². The molecule has 3 N–H and O–H groups in total. The second-order valence-corrected chi connectivity index (χ2v) is 4.55. The molecule has 1 aliphatic rings. The van der Waals surface area contributed by atoms with E-state index in [9.17, 15) is 9.18 Å². The normalized spacial score (nSPS) is 18.0. The fourth-order valence-corrected chi connectivity index (χ4v) is 2.00. The molecule has 0 aliphatic carbocycles. The highest BCUT2D eigenvalue weighted by Crippen LogP contribution is 2.17. The average Bonchev–Trinajstić information content (AvgIpc) is 2.43. The minimum Gasteiger partial charge on any atom is -0.396 e. The van der Waals surface area contributed by atoms with Crippen LogP contribution in [0.2, 0.25) is 0 Å². The first-order valence-electron chi connectivity index (χ1n) is 6.25. The summed E-state index contributed by atoms with van der Waals surface area (Å²) in [6.45, 7) is 4.59. The molecule has 1 aromatic rings. The summed E-state index contributed by atoms with van der Waals surface area (Å²) in [5.41, 5.74) is 5.99. The van der Waals surface area contributed by atoms with Gasteiger partial charge in [0.05, 0.1) is 24.9 Å². The summed E-state index contributed by atoms with van der Waals surface area (Å²) in [5, 5.41) is 2.74. The number of nitrogens with one attached hydrogen (secondary N) is 1. The number of nitrogens with zero attached hydrogens (tertiary/aromatic N) is 1. The fraction of sp³-hybridized carbons (Fsp3) is 0.462. The van der Waals surface area contributed by atoms with E-state index in [0.717, 1.165) is 13.1 Å². The van der Waals surface area contributed by atoms with Gasteiger partial charge in [-0.25, -0.2) is 4.39 Å². The Morgan fingerprint density at radius 2 is 2.16 bits per heavy atom. The number of rotatable bonds is 3. The third-order valence-corrected chi connectivity index (χ3v) is 3.24. The van der Waals surface area contributed by atoms with Gasteiger partial charge in [0, 0.05) is 18.8 Å². The van der Waals surface area contributed by atoms with Crippen LogP contribution in [0.4, 0.5) is 15.8 Å². The topological polar surface area (TPSA) is 67.6 Å². The van der Waals surface area contributed by atoms with Crippen molar-refractivity contribution in [1.29, 1.82) is 0 Å². The fourth-order valence-electron chi connectivity index (χ4n) is 2.00. The molecule has 0 radical (unpaired) electrons. The van der Waals surface area contributed by atoms with E-state index in [1.807, 2.05) is 11.8 Å². The standard InChI is InChI=1S/C13H18FN3O2/c1-9(17-4-6-19-7-5-17)13(18)16-10-2-3-11(14)12(15)8-10/h2-3,8-9H,4-7,15H2,1H3,(H,16,18). The smallest absolute Gasteiger partial charge is 0.241 e. The van der Waals surface area contributed by atoms with Crippen molar-refractivity contribution in [2.45, 2.75) is 13.0 Å². The number of hydrogen-bond acceptors (Lipinski definition) is 4. The second-order valence-electron chi connectivity index (χ2n) is 4.55. The van der Waals surface area contributed by atoms with Crippen LogP contribution in [-0.4, -0.2) is 43.2 Å². The van der Waals surface area contributed by atoms with Crippen LogP contribution >= 0.6 is 0 Å². The number of carbonyl (C=O) groups is 1. The van der Waals surface area contributed by atoms with Crippen molar-refractivity contribution >= 4 is 17.3 Å². The molecular weight excluding hydrogens is 249 g/mol. The quantitative estimate of drug-likeness (QED) is 0.804. The Kier molecular flexibility index (Phi) is 4.34. The zero-order valence-corrected chi connectivity index (χ0v) is 10.9. The lowest BCUT2D eigenvalue weighted by Gasteiger charge is -2.31. The minimum absolute atomic E-state index is 0.0248. The number of benzene rings is 1. The number of hydrogen-bond donors (Lipinski definition) is 2. The number of nitrogen functional groups attached to an aromatic ring is 1. The van der Waals surface area contributed by atoms with E-state index < -0.39 is 5.82 Å². The van der Waals surface area contributed by atoms with Crippen molar-refractivity contribution in [2.24, 2.45) is 0 Å². The van der Waals surface area contributed by atoms with Crippen LogP contribution in [0.15, 0.2) is 18.2 Å². The third-order valence-electron chi connectivity index (χ3n) is 3.24. The van der Waals surface area contributed by atoms with Crippen molar-refractivity contribution in [3.8, 4) is 0 Å². The molecule has 5 nitrogen and oxygen atoms in total. The minimum atomic E-state index is -0.487. The van der Waals surface area contributed by atoms with Crippen LogP contribution < -0.4 is 11.1 Å². The maximum atomic E-state index is 13.0. The summed E-state index contributed by atoms with van der Waals surface area (Å²) in [6, 6.07) is 3.90. The van der Waals surface area contributed by atoms with E-state index in [0.29, 0.717) is 18.9 Å². The van der Waals surface area contributed by atoms with Crippen molar-refractivity contribution < 1.29 is 13.9 Å². The predicted molar refractivity (Wildman–Crippen MR) is 71.3 cm³/mol. The van der Waals surface area contributed by atoms with E-state index in [1.165, 1.54) is 18.2 Å². The maximum Gasteiger partial charge on any atom is 0.241 e. The second kappa shape index (κ2) is 5.99. The molecule has 1 aromatic carbocycles. The largest absolute Gasteiger partial charge is 0.396 e. The van der Waals surface area contributed by atoms with Crippen LogP contribution in [0.5, 0.6) is 0 Å². The highest BCUT2D eigenvalue weighted by atomic mass is 19.1. The van der Waals surface area contributed by atoms with Crippen LogP contribution in [-0.2, 0) is 9.53 Å². The molecule has 0 aromatic heterocycles. The van der Waals surface area contributed by atoms with Gasteiger partial charge in [0.25, 0.3) is 0 Å². The van der Waals surface area contributed by atoms with Crippen molar-refractivity contribution in [2.75, 3.05) is 37.4 Å². The number of anilines is 2. The van der Waals surface area contributed by atoms with Gasteiger partial charge in [-0.3, -0.25) is 9.69 Å². The lowest BCUT2D eigenvalue weighted by molar-refractivity contribution is -0.122. The molecule has 6 heteroatoms. The zero-order chi connectivity index (χ0) is 13.8. The molecule has 1 atom stereocenters. The molecule has 2 rings (SSSR count). The molecule has 1 heterocycles. The third kappa shape index (κ3) is 3.42. The van der Waals surface area contributed by atoms with Gasteiger partial charge in [-0.15, -0.1) is 0 Å². The van der Waals surface area contributed by atoms with Gasteiger partial charge >= 0.3 is 0 Å². The molecular formula is C13H18FN3O2. The highest BCUT2D eigenvalue weighted by Gasteiger charge is 2.23. The van der Waals surface area contributed by atoms with E-state index >= 15 is 0 Å². The SMILES string of the molecule is CC(C(=O)Nc1ccc(F)c(N)c1)N1CCOCC1. The van der Waals surface area contributed by atoms with Crippen molar-refractivity contribution in [1.82, 2.24) is 4.90 Å². The molecule has 1 unspecified atom stereocenters. The van der Waals surface area contributed by atoms with Crippen LogP contribution in [0.25, 0.3) is 0 Å². The summed E-state index contributed by atoms with van der Waals surface area (Å²) in [7, 11) is 0. The van der Waals surface area contributed by atoms with Gasteiger partial charge in [-0.2, -0.15) is 0 Å². The van der Waals surface area contributed by atoms with Crippen molar-refractivity contribution in [3.63, 3.8) is 0 Å². The molecule has 19 heavy (non-hydrogen) atoms. The number of morpholine rings is 1. The Balaban J connectivity index is 1.97. The molecule has 1 amide bonds. The van der Waals surface area contributed by atoms with Gasteiger partial charge in [-0.1, -0.05) is 0 Å². The highest BCUT2D eigenvalue weighted by molar-refractivity contribution is 5.94. The summed E-state index contributed by atoms with van der Waals surface area (Å²) < 4.78 is 18.3. The number of carbonyl (C=O) groups excluding carboxylic acids is 1. The predicted octanol–water partition coefficient (Wildman–Crippen LogP) is 1.07. The van der Waals surface area contributed by atoms with E-state index in [2.05, 4.69) is 5.32 Å². The van der Waals surface area contributed by atoms with Crippen molar-refractivity contribution in [3.05, 3.63) is 24.0 Å². The molecule has 1 saturated heterocycles. The zero-order valence-electron chi connectivity index (χ0n) is 10.9. The first kappa shape index (κ1) is 13.8. The Morgan fingerprint density at radius 1 is 1.47 bits per heavy atom. The van der Waals surface area contributed by atoms with Gasteiger partial charge < -0.3 is 15.8 Å². The number of halogens is 1. The number of amides is 1. The maximum absolute atomic E-state index is 13.0. The summed E-state index contributed by atoms with van der Waals surface area (Å²) in [6.07, 6.45) is 0. The lowest BCUT2D eigenvalue weighted by atomic mass is 10.2. The Labute approximate surface area is 111 Å². The molecule has 0 spiro atoms. The van der Waals surface area contributed by atoms with E-state index in [1.54, 1.807) is 0 Å². The molecule has 0 saturated carbocycles. The van der Waals surface area contributed by atoms with Crippen LogP contribution in [0, 0.1) is 5.82 Å². The average molecular weight is 267 g/mol. The summed E-state index contributed by atoms with van der Waals surface area (Å²) >= 11 is 0. The van der Waals surface area contributed by atoms with Crippen LogP contribution in [0.3, 0.4) is 0 Å². The Morgan fingerprint density at radius 3 is 2.79 bits per heavy atom. The molecule has 0 bridgehead atoms. The molecule has 1 fully saturated rings. The summed E-state index contributed by atoms with van der Waals surface area (Å²) in [5.74, 6) is -0.618. The molecule has 104 valence electrons. The monoisotopic (exact) mass is 267 g/mol. The summed E-state index contributed by atoms with van der Waals surface area (Å²) in [4.78, 5) is 14.1. The van der Waals surface area contributed by atoms with Gasteiger partial charge in [0.15, 0.2) is 0 Å². The molecule has 1 aliphatic heterocycles. The van der Waals surface area contributed by atoms with Gasteiger partial charge in [-0.05, 0) is 25.1 Å². The first-order valence-corrected chi connectivity index (χ1v) is 6.25. The first-order chi connectivity index (χ1) is 9.08. The lowest BCUT2D eigenvalue weighted by Crippen LogP contribution is -2.47. The van der Waals surface area contributed by atoms with E-state index in [4.69, 9.17) is 10.5 Å². The Hall–Kier alpha value is -1.66. The number of nitrogens with two attached hydrogens (primary N) is 1. The Bertz CT molecular complexity index is 461.